The lowest BCUT2D eigenvalue weighted by atomic mass is 10.0. The monoisotopic (exact) mass is 375 g/mol. The van der Waals surface area contributed by atoms with Crippen molar-refractivity contribution in [2.75, 3.05) is 25.4 Å². The van der Waals surface area contributed by atoms with E-state index in [-0.39, 0.29) is 11.9 Å². The average molecular weight is 376 g/mol. The normalized spacial score (nSPS) is 18.2. The molecule has 0 aliphatic carbocycles. The number of likely N-dealkylation sites (tertiary alicyclic amines) is 1. The molecule has 0 radical (unpaired) electrons. The van der Waals surface area contributed by atoms with E-state index in [1.54, 1.807) is 11.3 Å². The predicted molar refractivity (Wildman–Crippen MR) is 105 cm³/mol. The fourth-order valence-electron chi connectivity index (χ4n) is 3.10. The van der Waals surface area contributed by atoms with Crippen LogP contribution in [0.2, 0.25) is 0 Å². The number of hydrogen-bond acceptors (Lipinski definition) is 5. The number of nitrogens with one attached hydrogen (secondary N) is 1. The van der Waals surface area contributed by atoms with E-state index in [1.807, 2.05) is 12.3 Å². The van der Waals surface area contributed by atoms with Crippen LogP contribution in [0.4, 0.5) is 0 Å². The third-order valence-corrected chi connectivity index (χ3v) is 6.49. The van der Waals surface area contributed by atoms with Crippen LogP contribution in [0.15, 0.2) is 40.1 Å². The highest BCUT2D eigenvalue weighted by molar-refractivity contribution is 8.01. The Balaban J connectivity index is 1.39. The van der Waals surface area contributed by atoms with E-state index in [0.717, 1.165) is 48.9 Å². The number of amides is 1. The Kier molecular flexibility index (Phi) is 6.90. The van der Waals surface area contributed by atoms with Crippen molar-refractivity contribution in [3.8, 4) is 0 Å². The number of carbonyl (C=O) groups is 1. The zero-order chi connectivity index (χ0) is 17.5. The van der Waals surface area contributed by atoms with Gasteiger partial charge in [-0.3, -0.25) is 4.79 Å². The Morgan fingerprint density at radius 3 is 3.00 bits per heavy atom. The molecule has 1 unspecified atom stereocenters. The molecule has 0 saturated carbocycles. The van der Waals surface area contributed by atoms with Gasteiger partial charge in [0.2, 0.25) is 5.91 Å². The summed E-state index contributed by atoms with van der Waals surface area (Å²) in [5.74, 6) is 0.570. The number of thioether (sulfide) groups is 1. The summed E-state index contributed by atoms with van der Waals surface area (Å²) < 4.78 is 0.973. The van der Waals surface area contributed by atoms with Crippen molar-refractivity contribution in [3.63, 3.8) is 0 Å². The van der Waals surface area contributed by atoms with Crippen LogP contribution in [0.5, 0.6) is 0 Å². The molecule has 1 aromatic heterocycles. The molecule has 1 aliphatic heterocycles. The van der Waals surface area contributed by atoms with E-state index in [4.69, 9.17) is 0 Å². The highest BCUT2D eigenvalue weighted by Gasteiger charge is 2.21. The molecule has 1 atom stereocenters. The molecule has 4 nitrogen and oxygen atoms in total. The van der Waals surface area contributed by atoms with E-state index in [2.05, 4.69) is 45.5 Å². The average Bonchev–Trinajstić information content (AvgIpc) is 3.05. The predicted octanol–water partition coefficient (Wildman–Crippen LogP) is 3.37. The maximum Gasteiger partial charge on any atom is 0.230 e. The SMILES string of the molecule is Cc1csc(SCC(=O)NC2CCCN(CCc3ccccc3)C2)n1. The number of hydrogen-bond donors (Lipinski definition) is 1. The fraction of sp³-hybridized carbons (Fsp3) is 0.474. The number of benzene rings is 1. The molecule has 3 rings (SSSR count). The van der Waals surface area contributed by atoms with Gasteiger partial charge in [-0.2, -0.15) is 0 Å². The van der Waals surface area contributed by atoms with Gasteiger partial charge in [0.15, 0.2) is 4.34 Å². The number of aromatic nitrogens is 1. The van der Waals surface area contributed by atoms with Gasteiger partial charge < -0.3 is 10.2 Å². The molecule has 0 spiro atoms. The zero-order valence-corrected chi connectivity index (χ0v) is 16.2. The summed E-state index contributed by atoms with van der Waals surface area (Å²) in [6.45, 7) is 5.13. The second-order valence-corrected chi connectivity index (χ2v) is 8.57. The number of aryl methyl sites for hydroxylation is 1. The van der Waals surface area contributed by atoms with E-state index in [0.29, 0.717) is 5.75 Å². The smallest absolute Gasteiger partial charge is 0.230 e. The Morgan fingerprint density at radius 2 is 2.24 bits per heavy atom. The lowest BCUT2D eigenvalue weighted by molar-refractivity contribution is -0.119. The summed E-state index contributed by atoms with van der Waals surface area (Å²) in [5, 5.41) is 5.22. The molecule has 134 valence electrons. The number of thiazole rings is 1. The second-order valence-electron chi connectivity index (χ2n) is 6.49. The van der Waals surface area contributed by atoms with Crippen LogP contribution >= 0.6 is 23.1 Å². The Morgan fingerprint density at radius 1 is 1.40 bits per heavy atom. The van der Waals surface area contributed by atoms with Gasteiger partial charge in [-0.1, -0.05) is 42.1 Å². The summed E-state index contributed by atoms with van der Waals surface area (Å²) >= 11 is 3.13. The Hall–Kier alpha value is -1.37. The van der Waals surface area contributed by atoms with Crippen LogP contribution in [-0.2, 0) is 11.2 Å². The van der Waals surface area contributed by atoms with Crippen LogP contribution in [0, 0.1) is 6.92 Å². The molecule has 1 amide bonds. The van der Waals surface area contributed by atoms with Crippen molar-refractivity contribution >= 4 is 29.0 Å². The summed E-state index contributed by atoms with van der Waals surface area (Å²) in [4.78, 5) is 19.1. The number of carbonyl (C=O) groups excluding carboxylic acids is 1. The first-order chi connectivity index (χ1) is 12.2. The highest BCUT2D eigenvalue weighted by atomic mass is 32.2. The van der Waals surface area contributed by atoms with Gasteiger partial charge in [0.1, 0.15) is 0 Å². The second kappa shape index (κ2) is 9.36. The maximum atomic E-state index is 12.2. The summed E-state index contributed by atoms with van der Waals surface area (Å²) in [6.07, 6.45) is 3.30. The quantitative estimate of drug-likeness (QED) is 0.754. The molecule has 1 saturated heterocycles. The van der Waals surface area contributed by atoms with Gasteiger partial charge in [-0.05, 0) is 38.3 Å². The van der Waals surface area contributed by atoms with E-state index in [9.17, 15) is 4.79 Å². The molecule has 0 bridgehead atoms. The topological polar surface area (TPSA) is 45.2 Å². The molecule has 1 aromatic carbocycles. The molecule has 6 heteroatoms. The van der Waals surface area contributed by atoms with Gasteiger partial charge in [-0.15, -0.1) is 11.3 Å². The van der Waals surface area contributed by atoms with Crippen molar-refractivity contribution < 1.29 is 4.79 Å². The van der Waals surface area contributed by atoms with Gasteiger partial charge >= 0.3 is 0 Å². The van der Waals surface area contributed by atoms with Gasteiger partial charge in [0.25, 0.3) is 0 Å². The molecule has 1 N–H and O–H groups in total. The van der Waals surface area contributed by atoms with Crippen molar-refractivity contribution in [3.05, 3.63) is 47.0 Å². The third-order valence-electron chi connectivity index (χ3n) is 4.35. The lowest BCUT2D eigenvalue weighted by Gasteiger charge is -2.33. The molecule has 2 aromatic rings. The summed E-state index contributed by atoms with van der Waals surface area (Å²) in [5.41, 5.74) is 2.40. The van der Waals surface area contributed by atoms with Crippen LogP contribution in [-0.4, -0.2) is 47.2 Å². The first-order valence-corrected chi connectivity index (χ1v) is 10.7. The van der Waals surface area contributed by atoms with E-state index < -0.39 is 0 Å². The van der Waals surface area contributed by atoms with Gasteiger partial charge in [0.05, 0.1) is 5.75 Å². The molecular weight excluding hydrogens is 350 g/mol. The van der Waals surface area contributed by atoms with Crippen molar-refractivity contribution in [1.82, 2.24) is 15.2 Å². The molecule has 2 heterocycles. The zero-order valence-electron chi connectivity index (χ0n) is 14.6. The van der Waals surface area contributed by atoms with Crippen molar-refractivity contribution in [1.29, 1.82) is 0 Å². The maximum absolute atomic E-state index is 12.2. The first-order valence-electron chi connectivity index (χ1n) is 8.79. The van der Waals surface area contributed by atoms with Gasteiger partial charge in [0, 0.05) is 30.2 Å². The number of piperidine rings is 1. The van der Waals surface area contributed by atoms with Crippen LogP contribution < -0.4 is 5.32 Å². The number of nitrogens with zero attached hydrogens (tertiary/aromatic N) is 2. The van der Waals surface area contributed by atoms with Crippen LogP contribution in [0.1, 0.15) is 24.1 Å². The van der Waals surface area contributed by atoms with Crippen LogP contribution in [0.3, 0.4) is 0 Å². The number of rotatable bonds is 7. The molecule has 1 aliphatic rings. The minimum Gasteiger partial charge on any atom is -0.351 e. The summed E-state index contributed by atoms with van der Waals surface area (Å²) in [7, 11) is 0. The largest absolute Gasteiger partial charge is 0.351 e. The van der Waals surface area contributed by atoms with E-state index >= 15 is 0 Å². The van der Waals surface area contributed by atoms with Crippen molar-refractivity contribution in [2.24, 2.45) is 0 Å². The van der Waals surface area contributed by atoms with E-state index in [1.165, 1.54) is 17.3 Å². The molecular formula is C19H25N3OS2. The minimum atomic E-state index is 0.118. The first kappa shape index (κ1) is 18.4. The Bertz CT molecular complexity index is 674. The standard InChI is InChI=1S/C19H25N3OS2/c1-15-13-24-19(20-15)25-14-18(23)21-17-8-5-10-22(12-17)11-9-16-6-3-2-4-7-16/h2-4,6-7,13,17H,5,8-12,14H2,1H3,(H,21,23). The van der Waals surface area contributed by atoms with Gasteiger partial charge in [-0.25, -0.2) is 4.98 Å². The third kappa shape index (κ3) is 6.13. The fourth-order valence-corrected chi connectivity index (χ4v) is 4.76. The highest BCUT2D eigenvalue weighted by Crippen LogP contribution is 2.22. The minimum absolute atomic E-state index is 0.118. The van der Waals surface area contributed by atoms with Crippen molar-refractivity contribution in [2.45, 2.75) is 36.6 Å². The summed E-state index contributed by atoms with van der Waals surface area (Å²) in [6, 6.07) is 10.9. The lowest BCUT2D eigenvalue weighted by Crippen LogP contribution is -2.48. The molecule has 1 fully saturated rings. The van der Waals surface area contributed by atoms with Crippen LogP contribution in [0.25, 0.3) is 0 Å². The Labute approximate surface area is 158 Å². The molecule has 25 heavy (non-hydrogen) atoms.